The maximum atomic E-state index is 11.6. The van der Waals surface area contributed by atoms with Crippen molar-refractivity contribution in [3.63, 3.8) is 0 Å². The molecule has 0 spiro atoms. The van der Waals surface area contributed by atoms with Crippen LogP contribution in [0, 0.1) is 0 Å². The maximum absolute atomic E-state index is 11.6. The zero-order valence-corrected chi connectivity index (χ0v) is 12.7. The summed E-state index contributed by atoms with van der Waals surface area (Å²) in [5.74, 6) is 0. The summed E-state index contributed by atoms with van der Waals surface area (Å²) in [5.41, 5.74) is 0.0933. The van der Waals surface area contributed by atoms with Crippen molar-refractivity contribution < 1.29 is 9.76 Å². The van der Waals surface area contributed by atoms with Crippen LogP contribution in [0.3, 0.4) is 0 Å². The van der Waals surface area contributed by atoms with Crippen molar-refractivity contribution in [1.29, 1.82) is 0 Å². The van der Waals surface area contributed by atoms with Gasteiger partial charge < -0.3 is 14.3 Å². The van der Waals surface area contributed by atoms with E-state index in [2.05, 4.69) is 0 Å². The van der Waals surface area contributed by atoms with Crippen molar-refractivity contribution in [3.05, 3.63) is 28.2 Å². The first-order chi connectivity index (χ1) is 8.58. The lowest BCUT2D eigenvalue weighted by molar-refractivity contribution is -0.0893. The van der Waals surface area contributed by atoms with E-state index in [-0.39, 0.29) is 5.56 Å². The number of hydrogen-bond acceptors (Lipinski definition) is 3. The first-order valence-corrected chi connectivity index (χ1v) is 6.51. The van der Waals surface area contributed by atoms with Crippen molar-refractivity contribution in [2.24, 2.45) is 7.05 Å². The van der Waals surface area contributed by atoms with E-state index in [1.54, 1.807) is 40.6 Å². The number of rotatable bonds is 5. The van der Waals surface area contributed by atoms with Gasteiger partial charge in [-0.1, -0.05) is 6.92 Å². The minimum atomic E-state index is -0.962. The first kappa shape index (κ1) is 16.0. The number of aromatic nitrogens is 1. The minimum Gasteiger partial charge on any atom is -0.427 e. The van der Waals surface area contributed by atoms with Gasteiger partial charge in [-0.15, -0.1) is 0 Å². The Morgan fingerprint density at radius 3 is 2.42 bits per heavy atom. The highest BCUT2D eigenvalue weighted by Gasteiger charge is 2.35. The Kier molecular flexibility index (Phi) is 4.64. The molecule has 1 N–H and O–H groups in total. The van der Waals surface area contributed by atoms with Crippen LogP contribution < -0.4 is 11.0 Å². The van der Waals surface area contributed by atoms with Crippen molar-refractivity contribution in [2.75, 3.05) is 0 Å². The molecule has 105 valence electrons. The van der Waals surface area contributed by atoms with Crippen LogP contribution in [0.4, 0.5) is 0 Å². The van der Waals surface area contributed by atoms with Gasteiger partial charge in [-0.25, -0.2) is 0 Å². The molecule has 5 heteroatoms. The fraction of sp³-hybridized carbons (Fsp3) is 0.643. The number of pyridine rings is 1. The predicted molar refractivity (Wildman–Crippen MR) is 77.9 cm³/mol. The molecule has 0 bridgehead atoms. The molecule has 0 unspecified atom stereocenters. The number of hydrogen-bond donors (Lipinski definition) is 1. The predicted octanol–water partition coefficient (Wildman–Crippen LogP) is 0.758. The fourth-order valence-corrected chi connectivity index (χ4v) is 1.46. The van der Waals surface area contributed by atoms with E-state index in [1.807, 2.05) is 20.8 Å². The Balaban J connectivity index is 2.95. The number of aryl methyl sites for hydroxylation is 2. The lowest BCUT2D eigenvalue weighted by atomic mass is 9.80. The second kappa shape index (κ2) is 5.51. The lowest BCUT2D eigenvalue weighted by Crippen LogP contribution is -2.49. The summed E-state index contributed by atoms with van der Waals surface area (Å²) >= 11 is 0. The molecule has 1 aromatic rings. The summed E-state index contributed by atoms with van der Waals surface area (Å²) in [6.07, 6.45) is 2.51. The van der Waals surface area contributed by atoms with Gasteiger partial charge in [0.15, 0.2) is 0 Å². The average molecular weight is 264 g/mol. The van der Waals surface area contributed by atoms with Crippen molar-refractivity contribution in [3.8, 4) is 0 Å². The third-order valence-electron chi connectivity index (χ3n) is 3.68. The third-order valence-corrected chi connectivity index (χ3v) is 3.68. The first-order valence-electron chi connectivity index (χ1n) is 6.51. The molecule has 0 atom stereocenters. The van der Waals surface area contributed by atoms with E-state index in [0.717, 1.165) is 17.4 Å². The molecule has 0 aliphatic rings. The Hall–Kier alpha value is -1.07. The molecule has 0 aromatic carbocycles. The van der Waals surface area contributed by atoms with Crippen LogP contribution in [0.15, 0.2) is 17.1 Å². The second-order valence-electron chi connectivity index (χ2n) is 5.86. The van der Waals surface area contributed by atoms with Gasteiger partial charge >= 0.3 is 7.48 Å². The summed E-state index contributed by atoms with van der Waals surface area (Å²) in [6.45, 7) is 9.08. The molecule has 1 aromatic heterocycles. The summed E-state index contributed by atoms with van der Waals surface area (Å²) in [5, 5.41) is 10.0. The van der Waals surface area contributed by atoms with Gasteiger partial charge in [-0.3, -0.25) is 4.79 Å². The Morgan fingerprint density at radius 1 is 1.37 bits per heavy atom. The molecule has 0 fully saturated rings. The van der Waals surface area contributed by atoms with Gasteiger partial charge in [0.1, 0.15) is 0 Å². The Bertz CT molecular complexity index is 500. The highest BCUT2D eigenvalue weighted by atomic mass is 16.5. The topological polar surface area (TPSA) is 51.5 Å². The minimum absolute atomic E-state index is 0.0317. The van der Waals surface area contributed by atoms with E-state index in [1.165, 1.54) is 4.57 Å². The van der Waals surface area contributed by atoms with Gasteiger partial charge in [-0.05, 0) is 45.1 Å². The second-order valence-corrected chi connectivity index (χ2v) is 5.86. The van der Waals surface area contributed by atoms with E-state index >= 15 is 0 Å². The normalized spacial score (nSPS) is 12.6. The van der Waals surface area contributed by atoms with Crippen LogP contribution in [0.25, 0.3) is 0 Å². The average Bonchev–Trinajstić information content (AvgIpc) is 2.28. The van der Waals surface area contributed by atoms with Gasteiger partial charge in [0, 0.05) is 19.3 Å². The van der Waals surface area contributed by atoms with Crippen LogP contribution in [0.2, 0.25) is 0 Å². The summed E-state index contributed by atoms with van der Waals surface area (Å²) in [6, 6.07) is 1.62. The molecule has 1 heterocycles. The molecule has 0 aliphatic heterocycles. The fourth-order valence-electron chi connectivity index (χ4n) is 1.46. The smallest absolute Gasteiger partial charge is 0.332 e. The summed E-state index contributed by atoms with van der Waals surface area (Å²) in [4.78, 5) is 11.6. The molecule has 1 radical (unpaired) electrons. The molecule has 0 saturated heterocycles. The summed E-state index contributed by atoms with van der Waals surface area (Å²) in [7, 11) is 3.33. The van der Waals surface area contributed by atoms with Crippen LogP contribution >= 0.6 is 0 Å². The lowest BCUT2D eigenvalue weighted by Gasteiger charge is -2.37. The van der Waals surface area contributed by atoms with E-state index in [4.69, 9.17) is 4.65 Å². The molecule has 19 heavy (non-hydrogen) atoms. The van der Waals surface area contributed by atoms with Gasteiger partial charge in [0.25, 0.3) is 0 Å². The highest BCUT2D eigenvalue weighted by Crippen LogP contribution is 2.24. The molecule has 0 amide bonds. The number of nitrogens with zero attached hydrogens (tertiary/aromatic N) is 1. The monoisotopic (exact) mass is 264 g/mol. The van der Waals surface area contributed by atoms with Gasteiger partial charge in [-0.2, -0.15) is 0 Å². The molecule has 0 saturated carbocycles. The Labute approximate surface area is 115 Å². The SMILES string of the molecule is CCc1cc(=O)n(C)cc1[B]OC(C)(C)C(C)(C)O. The molecule has 0 aliphatic carbocycles. The van der Waals surface area contributed by atoms with Crippen LogP contribution in [0.5, 0.6) is 0 Å². The van der Waals surface area contributed by atoms with Crippen LogP contribution in [-0.2, 0) is 18.1 Å². The zero-order valence-electron chi connectivity index (χ0n) is 12.7. The number of aliphatic hydroxyl groups is 1. The van der Waals surface area contributed by atoms with Crippen molar-refractivity contribution >= 4 is 12.9 Å². The van der Waals surface area contributed by atoms with Crippen LogP contribution in [-0.4, -0.2) is 28.4 Å². The molecule has 4 nitrogen and oxygen atoms in total. The molecular weight excluding hydrogens is 241 g/mol. The van der Waals surface area contributed by atoms with E-state index < -0.39 is 11.2 Å². The zero-order chi connectivity index (χ0) is 14.8. The quantitative estimate of drug-likeness (QED) is 0.799. The third kappa shape index (κ3) is 3.70. The van der Waals surface area contributed by atoms with E-state index in [0.29, 0.717) is 0 Å². The van der Waals surface area contributed by atoms with Crippen LogP contribution in [0.1, 0.15) is 40.2 Å². The molecule has 1 rings (SSSR count). The summed E-state index contributed by atoms with van der Waals surface area (Å²) < 4.78 is 7.25. The van der Waals surface area contributed by atoms with E-state index in [9.17, 15) is 9.90 Å². The Morgan fingerprint density at radius 2 is 1.95 bits per heavy atom. The molecular formula is C14H23BNO3. The maximum Gasteiger partial charge on any atom is 0.332 e. The van der Waals surface area contributed by atoms with Crippen molar-refractivity contribution in [1.82, 2.24) is 4.57 Å². The van der Waals surface area contributed by atoms with Crippen molar-refractivity contribution in [2.45, 2.75) is 52.2 Å². The highest BCUT2D eigenvalue weighted by molar-refractivity contribution is 6.47. The van der Waals surface area contributed by atoms with Gasteiger partial charge in [0.2, 0.25) is 5.56 Å². The van der Waals surface area contributed by atoms with Gasteiger partial charge in [0.05, 0.1) is 11.2 Å². The standard InChI is InChI=1S/C14H23BNO3/c1-7-10-8-12(17)16(6)9-11(10)15-19-14(4,5)13(2,3)18/h8-9,18H,7H2,1-6H3. The largest absolute Gasteiger partial charge is 0.427 e.